The van der Waals surface area contributed by atoms with Crippen LogP contribution in [0.15, 0.2) is 18.3 Å². The van der Waals surface area contributed by atoms with Crippen molar-refractivity contribution < 1.29 is 0 Å². The van der Waals surface area contributed by atoms with Crippen molar-refractivity contribution in [2.75, 3.05) is 23.7 Å². The lowest BCUT2D eigenvalue weighted by atomic mass is 10.2. The summed E-state index contributed by atoms with van der Waals surface area (Å²) in [5.74, 6) is 0.744. The van der Waals surface area contributed by atoms with Crippen LogP contribution in [0.2, 0.25) is 0 Å². The fourth-order valence-electron chi connectivity index (χ4n) is 1.41. The van der Waals surface area contributed by atoms with Crippen molar-refractivity contribution in [3.05, 3.63) is 18.3 Å². The van der Waals surface area contributed by atoms with Crippen LogP contribution >= 0.6 is 0 Å². The van der Waals surface area contributed by atoms with Gasteiger partial charge >= 0.3 is 0 Å². The predicted molar refractivity (Wildman–Crippen MR) is 61.3 cm³/mol. The minimum absolute atomic E-state index is 0.0219. The van der Waals surface area contributed by atoms with Crippen LogP contribution in [0.1, 0.15) is 13.8 Å². The molecule has 0 aliphatic heterocycles. The Morgan fingerprint density at radius 3 is 2.93 bits per heavy atom. The molecule has 0 radical (unpaired) electrons. The molecule has 1 unspecified atom stereocenters. The molecule has 0 amide bonds. The number of hydrogen-bond acceptors (Lipinski definition) is 4. The Balaban J connectivity index is 2.84. The van der Waals surface area contributed by atoms with E-state index in [1.54, 1.807) is 12.3 Å². The molecule has 0 saturated carbocycles. The van der Waals surface area contributed by atoms with Crippen molar-refractivity contribution in [1.29, 1.82) is 5.26 Å². The summed E-state index contributed by atoms with van der Waals surface area (Å²) in [6.07, 6.45) is 1.71. The van der Waals surface area contributed by atoms with Crippen molar-refractivity contribution in [3.63, 3.8) is 0 Å². The zero-order valence-corrected chi connectivity index (χ0v) is 9.14. The Labute approximate surface area is 90.3 Å². The van der Waals surface area contributed by atoms with Gasteiger partial charge in [-0.3, -0.25) is 0 Å². The zero-order valence-electron chi connectivity index (χ0n) is 9.14. The summed E-state index contributed by atoms with van der Waals surface area (Å²) in [5.41, 5.74) is 6.48. The maximum atomic E-state index is 8.77. The summed E-state index contributed by atoms with van der Waals surface area (Å²) in [6, 6.07) is 5.84. The van der Waals surface area contributed by atoms with Crippen LogP contribution in [0.5, 0.6) is 0 Å². The van der Waals surface area contributed by atoms with Gasteiger partial charge in [-0.05, 0) is 26.0 Å². The number of aromatic nitrogens is 1. The van der Waals surface area contributed by atoms with Gasteiger partial charge in [-0.2, -0.15) is 5.26 Å². The minimum atomic E-state index is -0.0219. The van der Waals surface area contributed by atoms with Gasteiger partial charge in [0.05, 0.1) is 17.7 Å². The molecule has 15 heavy (non-hydrogen) atoms. The third-order valence-electron chi connectivity index (χ3n) is 2.21. The Hall–Kier alpha value is -1.76. The number of nitrogens with two attached hydrogens (primary N) is 1. The molecule has 0 saturated heterocycles. The lowest BCUT2D eigenvalue weighted by molar-refractivity contribution is 0.680. The predicted octanol–water partition coefficient (Wildman–Crippen LogP) is 1.65. The molecule has 0 aliphatic carbocycles. The summed E-state index contributed by atoms with van der Waals surface area (Å²) < 4.78 is 0. The van der Waals surface area contributed by atoms with Crippen LogP contribution < -0.4 is 10.6 Å². The molecule has 0 aromatic carbocycles. The van der Waals surface area contributed by atoms with Gasteiger partial charge in [0.25, 0.3) is 0 Å². The Kier molecular flexibility index (Phi) is 3.92. The van der Waals surface area contributed by atoms with Crippen molar-refractivity contribution in [2.45, 2.75) is 13.8 Å². The zero-order chi connectivity index (χ0) is 11.3. The van der Waals surface area contributed by atoms with E-state index in [4.69, 9.17) is 11.0 Å². The van der Waals surface area contributed by atoms with Crippen LogP contribution in [-0.2, 0) is 0 Å². The second-order valence-corrected chi connectivity index (χ2v) is 3.49. The molecule has 0 bridgehead atoms. The van der Waals surface area contributed by atoms with Crippen LogP contribution in [0.25, 0.3) is 0 Å². The topological polar surface area (TPSA) is 65.9 Å². The Morgan fingerprint density at radius 2 is 2.40 bits per heavy atom. The van der Waals surface area contributed by atoms with Gasteiger partial charge in [0, 0.05) is 19.3 Å². The van der Waals surface area contributed by atoms with Crippen molar-refractivity contribution in [1.82, 2.24) is 4.98 Å². The van der Waals surface area contributed by atoms with Crippen LogP contribution in [0, 0.1) is 17.2 Å². The highest BCUT2D eigenvalue weighted by molar-refractivity contribution is 5.62. The molecular formula is C11H16N4. The molecule has 1 aromatic rings. The van der Waals surface area contributed by atoms with Crippen LogP contribution in [-0.4, -0.2) is 18.1 Å². The van der Waals surface area contributed by atoms with E-state index in [-0.39, 0.29) is 5.92 Å². The van der Waals surface area contributed by atoms with Gasteiger partial charge in [-0.25, -0.2) is 4.98 Å². The average Bonchev–Trinajstić information content (AvgIpc) is 2.26. The van der Waals surface area contributed by atoms with E-state index in [0.717, 1.165) is 12.4 Å². The van der Waals surface area contributed by atoms with E-state index in [1.807, 2.05) is 24.8 Å². The largest absolute Gasteiger partial charge is 0.396 e. The number of nitrogens with zero attached hydrogens (tertiary/aromatic N) is 3. The average molecular weight is 204 g/mol. The summed E-state index contributed by atoms with van der Waals surface area (Å²) in [6.45, 7) is 5.38. The molecule has 80 valence electrons. The first-order valence-corrected chi connectivity index (χ1v) is 5.04. The van der Waals surface area contributed by atoms with E-state index in [0.29, 0.717) is 12.2 Å². The highest BCUT2D eigenvalue weighted by atomic mass is 15.2. The van der Waals surface area contributed by atoms with Gasteiger partial charge in [-0.1, -0.05) is 0 Å². The maximum absolute atomic E-state index is 8.77. The monoisotopic (exact) mass is 204 g/mol. The lowest BCUT2D eigenvalue weighted by Gasteiger charge is -2.23. The van der Waals surface area contributed by atoms with Gasteiger partial charge in [0.15, 0.2) is 5.82 Å². The SMILES string of the molecule is CCN(CC(C)C#N)c1ncccc1N. The molecule has 1 rings (SSSR count). The van der Waals surface area contributed by atoms with Crippen molar-refractivity contribution in [3.8, 4) is 6.07 Å². The molecule has 1 atom stereocenters. The third-order valence-corrected chi connectivity index (χ3v) is 2.21. The van der Waals surface area contributed by atoms with Gasteiger partial charge in [-0.15, -0.1) is 0 Å². The van der Waals surface area contributed by atoms with Crippen LogP contribution in [0.3, 0.4) is 0 Å². The van der Waals surface area contributed by atoms with Gasteiger partial charge in [0.2, 0.25) is 0 Å². The molecule has 1 heterocycles. The summed E-state index contributed by atoms with van der Waals surface area (Å²) in [5, 5.41) is 8.77. The summed E-state index contributed by atoms with van der Waals surface area (Å²) >= 11 is 0. The molecule has 0 aliphatic rings. The standard InChI is InChI=1S/C11H16N4/c1-3-15(8-9(2)7-12)11-10(13)5-4-6-14-11/h4-6,9H,3,8,13H2,1-2H3. The second kappa shape index (κ2) is 5.20. The van der Waals surface area contributed by atoms with E-state index >= 15 is 0 Å². The lowest BCUT2D eigenvalue weighted by Crippen LogP contribution is -2.29. The molecule has 4 heteroatoms. The van der Waals surface area contributed by atoms with E-state index in [9.17, 15) is 0 Å². The fourth-order valence-corrected chi connectivity index (χ4v) is 1.41. The first-order valence-electron chi connectivity index (χ1n) is 5.04. The van der Waals surface area contributed by atoms with E-state index in [1.165, 1.54) is 0 Å². The van der Waals surface area contributed by atoms with E-state index in [2.05, 4.69) is 11.1 Å². The van der Waals surface area contributed by atoms with Crippen molar-refractivity contribution >= 4 is 11.5 Å². The number of pyridine rings is 1. The van der Waals surface area contributed by atoms with Crippen LogP contribution in [0.4, 0.5) is 11.5 Å². The highest BCUT2D eigenvalue weighted by Crippen LogP contribution is 2.19. The fraction of sp³-hybridized carbons (Fsp3) is 0.455. The molecule has 2 N–H and O–H groups in total. The van der Waals surface area contributed by atoms with Crippen molar-refractivity contribution in [2.24, 2.45) is 5.92 Å². The number of nitrogen functional groups attached to an aromatic ring is 1. The number of rotatable bonds is 4. The number of anilines is 2. The Morgan fingerprint density at radius 1 is 1.67 bits per heavy atom. The number of hydrogen-bond donors (Lipinski definition) is 1. The molecule has 1 aromatic heterocycles. The smallest absolute Gasteiger partial charge is 0.151 e. The normalized spacial score (nSPS) is 11.8. The quantitative estimate of drug-likeness (QED) is 0.809. The molecule has 0 fully saturated rings. The molecular weight excluding hydrogens is 188 g/mol. The third kappa shape index (κ3) is 2.84. The second-order valence-electron chi connectivity index (χ2n) is 3.49. The maximum Gasteiger partial charge on any atom is 0.151 e. The Bertz CT molecular complexity index is 356. The minimum Gasteiger partial charge on any atom is -0.396 e. The first-order chi connectivity index (χ1) is 7.19. The van der Waals surface area contributed by atoms with E-state index < -0.39 is 0 Å². The summed E-state index contributed by atoms with van der Waals surface area (Å²) in [7, 11) is 0. The molecule has 0 spiro atoms. The van der Waals surface area contributed by atoms with Gasteiger partial charge in [0.1, 0.15) is 0 Å². The highest BCUT2D eigenvalue weighted by Gasteiger charge is 2.12. The molecule has 4 nitrogen and oxygen atoms in total. The van der Waals surface area contributed by atoms with Gasteiger partial charge < -0.3 is 10.6 Å². The first kappa shape index (κ1) is 11.3. The summed E-state index contributed by atoms with van der Waals surface area (Å²) in [4.78, 5) is 6.25. The number of nitriles is 1.